The normalized spacial score (nSPS) is 15.1. The Bertz CT molecular complexity index is 583. The quantitative estimate of drug-likeness (QED) is 0.361. The Morgan fingerprint density at radius 1 is 0.889 bits per heavy atom. The minimum absolute atomic E-state index is 0. The molecule has 0 fully saturated rings. The van der Waals surface area contributed by atoms with Gasteiger partial charge in [0.05, 0.1) is 9.52 Å². The first kappa shape index (κ1) is 34.2. The third-order valence-electron chi connectivity index (χ3n) is 4.43. The van der Waals surface area contributed by atoms with Gasteiger partial charge < -0.3 is 22.3 Å². The molecule has 1 unspecified atom stereocenters. The molecular formula is C25H43SiTi. The molecule has 0 heterocycles. The summed E-state index contributed by atoms with van der Waals surface area (Å²) in [6.07, 6.45) is 3.36. The summed E-state index contributed by atoms with van der Waals surface area (Å²) in [5.74, 6) is 0.560. The predicted octanol–water partition coefficient (Wildman–Crippen LogP) is 6.90. The van der Waals surface area contributed by atoms with Crippen LogP contribution < -0.4 is 5.19 Å². The van der Waals surface area contributed by atoms with Gasteiger partial charge in [0, 0.05) is 0 Å². The summed E-state index contributed by atoms with van der Waals surface area (Å²) in [7, 11) is 0.445. The van der Waals surface area contributed by atoms with Crippen molar-refractivity contribution in [2.24, 2.45) is 11.3 Å². The Labute approximate surface area is 190 Å². The van der Waals surface area contributed by atoms with E-state index in [9.17, 15) is 0 Å². The summed E-state index contributed by atoms with van der Waals surface area (Å²) >= 11 is 0. The fourth-order valence-electron chi connectivity index (χ4n) is 2.71. The Morgan fingerprint density at radius 2 is 1.33 bits per heavy atom. The Balaban J connectivity index is -0.000000181. The van der Waals surface area contributed by atoms with Gasteiger partial charge in [-0.3, -0.25) is 6.08 Å². The van der Waals surface area contributed by atoms with Crippen LogP contribution in [0.5, 0.6) is 0 Å². The molecule has 0 aromatic heterocycles. The molecule has 0 spiro atoms. The number of aryl methyl sites for hydroxylation is 2. The maximum atomic E-state index is 3.36. The molecule has 0 N–H and O–H groups in total. The molecule has 1 aromatic carbocycles. The largest absolute Gasteiger partial charge is 4.00 e. The van der Waals surface area contributed by atoms with Crippen LogP contribution in [0.3, 0.4) is 0 Å². The first-order valence-electron chi connectivity index (χ1n) is 8.69. The van der Waals surface area contributed by atoms with Gasteiger partial charge >= 0.3 is 21.7 Å². The van der Waals surface area contributed by atoms with Crippen molar-refractivity contribution >= 4 is 14.7 Å². The molecule has 151 valence electrons. The van der Waals surface area contributed by atoms with Crippen molar-refractivity contribution in [2.45, 2.75) is 68.4 Å². The summed E-state index contributed by atoms with van der Waals surface area (Å²) in [5, 5.41) is 1.57. The average molecular weight is 420 g/mol. The molecule has 1 atom stereocenters. The van der Waals surface area contributed by atoms with E-state index in [0.717, 1.165) is 0 Å². The zero-order valence-corrected chi connectivity index (χ0v) is 22.8. The Hall–Kier alpha value is -0.369. The molecule has 0 amide bonds. The number of hydrogen-bond acceptors (Lipinski definition) is 0. The topological polar surface area (TPSA) is 0 Å². The third-order valence-corrected chi connectivity index (χ3v) is 6.66. The molecule has 2 heteroatoms. The molecule has 2 rings (SSSR count). The molecule has 0 saturated carbocycles. The second kappa shape index (κ2) is 14.6. The van der Waals surface area contributed by atoms with Gasteiger partial charge in [-0.25, -0.2) is 5.57 Å². The van der Waals surface area contributed by atoms with Crippen LogP contribution in [0.25, 0.3) is 0 Å². The molecule has 0 bridgehead atoms. The van der Waals surface area contributed by atoms with Crippen LogP contribution >= 0.6 is 0 Å². The van der Waals surface area contributed by atoms with Gasteiger partial charge in [-0.05, 0) is 19.3 Å². The molecule has 1 aromatic rings. The molecule has 0 nitrogen and oxygen atoms in total. The average Bonchev–Trinajstić information content (AvgIpc) is 2.62. The van der Waals surface area contributed by atoms with Gasteiger partial charge in [-0.15, -0.1) is 6.92 Å². The van der Waals surface area contributed by atoms with Crippen LogP contribution in [0.4, 0.5) is 0 Å². The molecular weight excluding hydrogens is 376 g/mol. The van der Waals surface area contributed by atoms with E-state index in [-0.39, 0.29) is 44.0 Å². The SMILES string of the molecule is CC1=[C-]C(C)C(C)=C1C.Cc1cc(C)cc([SiH]CC(C)(C)C)c1.[CH3-].[CH3-].[CH3-].[Ti+4]. The van der Waals surface area contributed by atoms with Crippen molar-refractivity contribution in [3.05, 3.63) is 74.4 Å². The molecule has 1 radical (unpaired) electrons. The molecule has 0 aliphatic heterocycles. The van der Waals surface area contributed by atoms with Gasteiger partial charge in [-0.2, -0.15) is 11.1 Å². The van der Waals surface area contributed by atoms with Gasteiger partial charge in [0.25, 0.3) is 0 Å². The summed E-state index contributed by atoms with van der Waals surface area (Å²) in [5.41, 5.74) is 7.53. The van der Waals surface area contributed by atoms with Crippen LogP contribution in [0.1, 0.15) is 59.6 Å². The van der Waals surface area contributed by atoms with E-state index >= 15 is 0 Å². The van der Waals surface area contributed by atoms with Crippen LogP contribution in [-0.4, -0.2) is 9.52 Å². The molecule has 1 aliphatic rings. The van der Waals surface area contributed by atoms with Crippen LogP contribution in [-0.2, 0) is 21.7 Å². The first-order valence-corrected chi connectivity index (χ1v) is 10.1. The monoisotopic (exact) mass is 419 g/mol. The van der Waals surface area contributed by atoms with Crippen LogP contribution in [0.15, 0.2) is 34.9 Å². The third kappa shape index (κ3) is 12.7. The van der Waals surface area contributed by atoms with Crippen LogP contribution in [0.2, 0.25) is 6.04 Å². The van der Waals surface area contributed by atoms with Crippen molar-refractivity contribution in [3.63, 3.8) is 0 Å². The van der Waals surface area contributed by atoms with Gasteiger partial charge in [0.2, 0.25) is 0 Å². The van der Waals surface area contributed by atoms with Gasteiger partial charge in [0.15, 0.2) is 0 Å². The zero-order valence-electron chi connectivity index (χ0n) is 20.1. The summed E-state index contributed by atoms with van der Waals surface area (Å²) in [4.78, 5) is 0. The second-order valence-electron chi connectivity index (χ2n) is 8.19. The number of rotatable bonds is 2. The van der Waals surface area contributed by atoms with E-state index in [2.05, 4.69) is 86.6 Å². The minimum atomic E-state index is 0. The summed E-state index contributed by atoms with van der Waals surface area (Å²) < 4.78 is 0. The van der Waals surface area contributed by atoms with E-state index in [1.54, 1.807) is 5.19 Å². The molecule has 0 saturated heterocycles. The minimum Gasteiger partial charge on any atom is -0.358 e. The standard InChI is InChI=1S/C13H21Si.C9H13.3CH3.Ti/c1-10-6-11(2)8-12(7-10)14-9-13(3,4)5;1-6-5-7(2)9(4)8(6)3;;;;/h6-8,14H,9H2,1-5H3;6H,1-4H3;3*1H3;/q;4*-1;+4. The van der Waals surface area contributed by atoms with Crippen LogP contribution in [0, 0.1) is 53.5 Å². The van der Waals surface area contributed by atoms with Crippen molar-refractivity contribution in [1.29, 1.82) is 0 Å². The first-order chi connectivity index (χ1) is 10.5. The van der Waals surface area contributed by atoms with Crippen molar-refractivity contribution in [1.82, 2.24) is 0 Å². The fourth-order valence-corrected chi connectivity index (χ4v) is 4.32. The van der Waals surface area contributed by atoms with Crippen molar-refractivity contribution < 1.29 is 21.7 Å². The zero-order chi connectivity index (χ0) is 17.8. The summed E-state index contributed by atoms with van der Waals surface area (Å²) in [6.45, 7) is 20.0. The predicted molar refractivity (Wildman–Crippen MR) is 126 cm³/mol. The number of hydrogen-bond donors (Lipinski definition) is 0. The number of allylic oxidation sites excluding steroid dienone is 4. The maximum Gasteiger partial charge on any atom is 4.00 e. The second-order valence-corrected chi connectivity index (χ2v) is 9.67. The van der Waals surface area contributed by atoms with E-state index in [4.69, 9.17) is 0 Å². The van der Waals surface area contributed by atoms with Gasteiger partial charge in [-0.1, -0.05) is 88.0 Å². The smallest absolute Gasteiger partial charge is 0.358 e. The fraction of sp³-hybridized carbons (Fsp3) is 0.480. The summed E-state index contributed by atoms with van der Waals surface area (Å²) in [6, 6.07) is 8.28. The molecule has 27 heavy (non-hydrogen) atoms. The van der Waals surface area contributed by atoms with Crippen molar-refractivity contribution in [3.8, 4) is 0 Å². The Kier molecular flexibility index (Phi) is 18.5. The molecule has 1 aliphatic carbocycles. The Morgan fingerprint density at radius 3 is 1.59 bits per heavy atom. The van der Waals surface area contributed by atoms with E-state index in [1.165, 1.54) is 33.9 Å². The van der Waals surface area contributed by atoms with E-state index in [0.29, 0.717) is 20.9 Å². The van der Waals surface area contributed by atoms with E-state index in [1.807, 2.05) is 0 Å². The number of benzene rings is 1. The maximum absolute atomic E-state index is 3.36. The van der Waals surface area contributed by atoms with E-state index < -0.39 is 0 Å². The van der Waals surface area contributed by atoms with Gasteiger partial charge in [0.1, 0.15) is 0 Å². The van der Waals surface area contributed by atoms with Crippen molar-refractivity contribution in [2.75, 3.05) is 0 Å².